The van der Waals surface area contributed by atoms with Crippen LogP contribution in [0, 0.1) is 5.92 Å². The van der Waals surface area contributed by atoms with Crippen LogP contribution >= 0.6 is 0 Å². The van der Waals surface area contributed by atoms with Gasteiger partial charge in [-0.15, -0.1) is 0 Å². The molecule has 0 radical (unpaired) electrons. The minimum atomic E-state index is -0.686. The summed E-state index contributed by atoms with van der Waals surface area (Å²) in [5.74, 6) is 0.890. The molecule has 3 heteroatoms. The van der Waals surface area contributed by atoms with Gasteiger partial charge in [-0.05, 0) is 38.5 Å². The minimum absolute atomic E-state index is 0.152. The van der Waals surface area contributed by atoms with E-state index >= 15 is 0 Å². The second-order valence-corrected chi connectivity index (χ2v) is 5.48. The standard InChI is InChI=1S/C13H23NO2/c1-2-14(10-11-5-6-11)12(15)9-13(16)7-3-4-8-13/h11,16H,2-10H2,1H3. The SMILES string of the molecule is CCN(CC1CC1)C(=O)CC1(O)CCCC1. The van der Waals surface area contributed by atoms with Gasteiger partial charge in [0.1, 0.15) is 0 Å². The van der Waals surface area contributed by atoms with Crippen LogP contribution in [0.2, 0.25) is 0 Å². The lowest BCUT2D eigenvalue weighted by Gasteiger charge is -2.27. The van der Waals surface area contributed by atoms with E-state index in [1.165, 1.54) is 12.8 Å². The van der Waals surface area contributed by atoms with Crippen LogP contribution in [-0.2, 0) is 4.79 Å². The van der Waals surface area contributed by atoms with Crippen molar-refractivity contribution in [3.05, 3.63) is 0 Å². The van der Waals surface area contributed by atoms with Gasteiger partial charge in [-0.25, -0.2) is 0 Å². The summed E-state index contributed by atoms with van der Waals surface area (Å²) in [7, 11) is 0. The second-order valence-electron chi connectivity index (χ2n) is 5.48. The first kappa shape index (κ1) is 11.9. The van der Waals surface area contributed by atoms with Crippen molar-refractivity contribution < 1.29 is 9.90 Å². The van der Waals surface area contributed by atoms with Crippen molar-refractivity contribution in [3.63, 3.8) is 0 Å². The second kappa shape index (κ2) is 4.74. The Morgan fingerprint density at radius 1 is 1.38 bits per heavy atom. The van der Waals surface area contributed by atoms with Gasteiger partial charge < -0.3 is 10.0 Å². The van der Waals surface area contributed by atoms with Gasteiger partial charge in [0, 0.05) is 13.1 Å². The fourth-order valence-electron chi connectivity index (χ4n) is 2.62. The number of aliphatic hydroxyl groups is 1. The maximum Gasteiger partial charge on any atom is 0.225 e. The predicted molar refractivity (Wildman–Crippen MR) is 63.0 cm³/mol. The molecule has 16 heavy (non-hydrogen) atoms. The molecule has 1 N–H and O–H groups in total. The molecule has 0 aromatic heterocycles. The van der Waals surface area contributed by atoms with Gasteiger partial charge >= 0.3 is 0 Å². The highest BCUT2D eigenvalue weighted by Crippen LogP contribution is 2.34. The van der Waals surface area contributed by atoms with E-state index in [1.54, 1.807) is 0 Å². The van der Waals surface area contributed by atoms with Crippen LogP contribution in [0.3, 0.4) is 0 Å². The number of nitrogens with zero attached hydrogens (tertiary/aromatic N) is 1. The highest BCUT2D eigenvalue weighted by Gasteiger charge is 2.35. The molecule has 2 rings (SSSR count). The minimum Gasteiger partial charge on any atom is -0.389 e. The maximum absolute atomic E-state index is 12.1. The predicted octanol–water partition coefficient (Wildman–Crippen LogP) is 1.94. The summed E-state index contributed by atoms with van der Waals surface area (Å²) in [5.41, 5.74) is -0.686. The molecule has 92 valence electrons. The van der Waals surface area contributed by atoms with E-state index in [0.717, 1.165) is 44.7 Å². The molecule has 0 saturated heterocycles. The Hall–Kier alpha value is -0.570. The Bertz CT molecular complexity index is 255. The topological polar surface area (TPSA) is 40.5 Å². The normalized spacial score (nSPS) is 23.4. The average molecular weight is 225 g/mol. The lowest BCUT2D eigenvalue weighted by Crippen LogP contribution is -2.38. The first-order valence-corrected chi connectivity index (χ1v) is 6.63. The van der Waals surface area contributed by atoms with Crippen molar-refractivity contribution in [1.82, 2.24) is 4.90 Å². The van der Waals surface area contributed by atoms with Crippen LogP contribution in [0.4, 0.5) is 0 Å². The molecule has 0 unspecified atom stereocenters. The first-order chi connectivity index (χ1) is 7.63. The van der Waals surface area contributed by atoms with Gasteiger partial charge in [0.15, 0.2) is 0 Å². The van der Waals surface area contributed by atoms with Crippen LogP contribution in [0.1, 0.15) is 51.9 Å². The highest BCUT2D eigenvalue weighted by molar-refractivity contribution is 5.77. The maximum atomic E-state index is 12.1. The molecule has 2 saturated carbocycles. The van der Waals surface area contributed by atoms with Crippen molar-refractivity contribution in [1.29, 1.82) is 0 Å². The summed E-state index contributed by atoms with van der Waals surface area (Å²) >= 11 is 0. The third-order valence-electron chi connectivity index (χ3n) is 3.92. The summed E-state index contributed by atoms with van der Waals surface area (Å²) in [6, 6.07) is 0. The Morgan fingerprint density at radius 3 is 2.50 bits per heavy atom. The molecule has 0 atom stereocenters. The number of carbonyl (C=O) groups excluding carboxylic acids is 1. The van der Waals surface area contributed by atoms with Crippen LogP contribution in [0.15, 0.2) is 0 Å². The van der Waals surface area contributed by atoms with E-state index in [1.807, 2.05) is 11.8 Å². The molecule has 0 aromatic rings. The molecule has 2 aliphatic carbocycles. The van der Waals surface area contributed by atoms with E-state index in [2.05, 4.69) is 0 Å². The van der Waals surface area contributed by atoms with Crippen molar-refractivity contribution in [2.75, 3.05) is 13.1 Å². The molecule has 0 heterocycles. The number of amides is 1. The Morgan fingerprint density at radius 2 is 2.00 bits per heavy atom. The van der Waals surface area contributed by atoms with Crippen molar-refractivity contribution in [2.24, 2.45) is 5.92 Å². The highest BCUT2D eigenvalue weighted by atomic mass is 16.3. The van der Waals surface area contributed by atoms with Crippen molar-refractivity contribution in [2.45, 2.75) is 57.5 Å². The molecule has 0 bridgehead atoms. The van der Waals surface area contributed by atoms with Gasteiger partial charge in [-0.1, -0.05) is 12.8 Å². The molecular formula is C13H23NO2. The van der Waals surface area contributed by atoms with E-state index in [-0.39, 0.29) is 5.91 Å². The molecule has 2 aliphatic rings. The molecule has 2 fully saturated rings. The molecule has 1 amide bonds. The third kappa shape index (κ3) is 2.97. The van der Waals surface area contributed by atoms with Gasteiger partial charge in [0.2, 0.25) is 5.91 Å². The van der Waals surface area contributed by atoms with Gasteiger partial charge in [-0.3, -0.25) is 4.79 Å². The average Bonchev–Trinajstić information content (AvgIpc) is 2.97. The molecule has 0 aromatic carbocycles. The first-order valence-electron chi connectivity index (χ1n) is 6.63. The van der Waals surface area contributed by atoms with E-state index in [9.17, 15) is 9.90 Å². The number of rotatable bonds is 5. The fraction of sp³-hybridized carbons (Fsp3) is 0.923. The van der Waals surface area contributed by atoms with Crippen molar-refractivity contribution in [3.8, 4) is 0 Å². The Kier molecular flexibility index (Phi) is 3.53. The van der Waals surface area contributed by atoms with Crippen LogP contribution in [-0.4, -0.2) is 34.6 Å². The van der Waals surface area contributed by atoms with Crippen molar-refractivity contribution >= 4 is 5.91 Å². The van der Waals surface area contributed by atoms with E-state index in [0.29, 0.717) is 6.42 Å². The smallest absolute Gasteiger partial charge is 0.225 e. The van der Waals surface area contributed by atoms with Crippen LogP contribution in [0.5, 0.6) is 0 Å². The summed E-state index contributed by atoms with van der Waals surface area (Å²) in [4.78, 5) is 14.0. The largest absolute Gasteiger partial charge is 0.389 e. The van der Waals surface area contributed by atoms with Gasteiger partial charge in [0.05, 0.1) is 12.0 Å². The zero-order valence-corrected chi connectivity index (χ0v) is 10.2. The van der Waals surface area contributed by atoms with E-state index in [4.69, 9.17) is 0 Å². The van der Waals surface area contributed by atoms with Gasteiger partial charge in [0.25, 0.3) is 0 Å². The summed E-state index contributed by atoms with van der Waals surface area (Å²) in [6.07, 6.45) is 6.63. The van der Waals surface area contributed by atoms with Gasteiger partial charge in [-0.2, -0.15) is 0 Å². The summed E-state index contributed by atoms with van der Waals surface area (Å²) in [5, 5.41) is 10.2. The summed E-state index contributed by atoms with van der Waals surface area (Å²) in [6.45, 7) is 3.72. The molecule has 3 nitrogen and oxygen atoms in total. The number of hydrogen-bond donors (Lipinski definition) is 1. The fourth-order valence-corrected chi connectivity index (χ4v) is 2.62. The molecular weight excluding hydrogens is 202 g/mol. The lowest BCUT2D eigenvalue weighted by molar-refractivity contribution is -0.136. The number of hydrogen-bond acceptors (Lipinski definition) is 2. The quantitative estimate of drug-likeness (QED) is 0.776. The third-order valence-corrected chi connectivity index (χ3v) is 3.92. The van der Waals surface area contributed by atoms with Crippen LogP contribution in [0.25, 0.3) is 0 Å². The molecule has 0 aliphatic heterocycles. The number of carbonyl (C=O) groups is 1. The lowest BCUT2D eigenvalue weighted by atomic mass is 9.97. The zero-order chi connectivity index (χ0) is 11.6. The Labute approximate surface area is 97.8 Å². The Balaban J connectivity index is 1.84. The van der Waals surface area contributed by atoms with E-state index < -0.39 is 5.60 Å². The zero-order valence-electron chi connectivity index (χ0n) is 10.2. The molecule has 0 spiro atoms. The summed E-state index contributed by atoms with van der Waals surface area (Å²) < 4.78 is 0. The van der Waals surface area contributed by atoms with Crippen LogP contribution < -0.4 is 0 Å². The monoisotopic (exact) mass is 225 g/mol.